The average molecular weight is 276 g/mol. The van der Waals surface area contributed by atoms with Crippen LogP contribution < -0.4 is 4.90 Å². The molecule has 1 aromatic heterocycles. The topological polar surface area (TPSA) is 42.4 Å². The molecule has 0 radical (unpaired) electrons. The third-order valence-electron chi connectivity index (χ3n) is 2.90. The number of anilines is 2. The van der Waals surface area contributed by atoms with Gasteiger partial charge in [-0.2, -0.15) is 0 Å². The Kier molecular flexibility index (Phi) is 4.16. The molecule has 2 rings (SSSR count). The molecule has 0 aliphatic rings. The summed E-state index contributed by atoms with van der Waals surface area (Å²) in [6.07, 6.45) is 2.57. The number of ether oxygens (including phenoxy) is 1. The van der Waals surface area contributed by atoms with E-state index in [1.165, 1.54) is 24.0 Å². The molecule has 0 aliphatic heterocycles. The minimum atomic E-state index is -0.349. The van der Waals surface area contributed by atoms with E-state index < -0.39 is 0 Å². The number of hydrogen-bond acceptors (Lipinski definition) is 5. The third kappa shape index (κ3) is 2.93. The molecule has 1 aromatic carbocycles. The van der Waals surface area contributed by atoms with E-state index in [-0.39, 0.29) is 5.97 Å². The standard InChI is InChI=1S/C14H16N2O2S/c1-4-10-5-7-11(8-6-10)16(2)14-15-9-12(19-14)13(17)18-3/h5-9H,4H2,1-3H3. The highest BCUT2D eigenvalue weighted by atomic mass is 32.1. The van der Waals surface area contributed by atoms with Crippen LogP contribution in [0.2, 0.25) is 0 Å². The summed E-state index contributed by atoms with van der Waals surface area (Å²) in [5.41, 5.74) is 2.34. The maximum atomic E-state index is 11.4. The SMILES string of the molecule is CCc1ccc(N(C)c2ncc(C(=O)OC)s2)cc1. The van der Waals surface area contributed by atoms with Gasteiger partial charge in [0.1, 0.15) is 4.88 Å². The molecule has 0 saturated carbocycles. The van der Waals surface area contributed by atoms with E-state index in [4.69, 9.17) is 0 Å². The van der Waals surface area contributed by atoms with E-state index in [1.54, 1.807) is 6.20 Å². The summed E-state index contributed by atoms with van der Waals surface area (Å²) < 4.78 is 4.68. The van der Waals surface area contributed by atoms with E-state index in [0.717, 1.165) is 17.2 Å². The Morgan fingerprint density at radius 1 is 1.37 bits per heavy atom. The van der Waals surface area contributed by atoms with Gasteiger partial charge in [0.2, 0.25) is 0 Å². The summed E-state index contributed by atoms with van der Waals surface area (Å²) in [6, 6.07) is 8.30. The zero-order chi connectivity index (χ0) is 13.8. The Labute approximate surface area is 116 Å². The molecule has 100 valence electrons. The summed E-state index contributed by atoms with van der Waals surface area (Å²) in [4.78, 5) is 18.1. The predicted octanol–water partition coefficient (Wildman–Crippen LogP) is 3.26. The first kappa shape index (κ1) is 13.5. The normalized spacial score (nSPS) is 10.3. The molecule has 0 N–H and O–H groups in total. The van der Waals surface area contributed by atoms with Crippen molar-refractivity contribution in [3.63, 3.8) is 0 Å². The number of carbonyl (C=O) groups is 1. The van der Waals surface area contributed by atoms with E-state index in [1.807, 2.05) is 11.9 Å². The van der Waals surface area contributed by atoms with Crippen molar-refractivity contribution in [3.05, 3.63) is 40.9 Å². The minimum Gasteiger partial charge on any atom is -0.465 e. The molecular formula is C14H16N2O2S. The van der Waals surface area contributed by atoms with Crippen molar-refractivity contribution in [1.29, 1.82) is 0 Å². The lowest BCUT2D eigenvalue weighted by atomic mass is 10.1. The second kappa shape index (κ2) is 5.84. The fraction of sp³-hybridized carbons (Fsp3) is 0.286. The molecule has 0 fully saturated rings. The van der Waals surface area contributed by atoms with Crippen molar-refractivity contribution < 1.29 is 9.53 Å². The van der Waals surface area contributed by atoms with E-state index in [9.17, 15) is 4.79 Å². The molecule has 4 nitrogen and oxygen atoms in total. The van der Waals surface area contributed by atoms with Crippen LogP contribution in [0.3, 0.4) is 0 Å². The van der Waals surface area contributed by atoms with Gasteiger partial charge in [-0.25, -0.2) is 9.78 Å². The van der Waals surface area contributed by atoms with Gasteiger partial charge in [0.15, 0.2) is 5.13 Å². The number of benzene rings is 1. The van der Waals surface area contributed by atoms with Gasteiger partial charge in [0, 0.05) is 12.7 Å². The van der Waals surface area contributed by atoms with Gasteiger partial charge in [-0.1, -0.05) is 30.4 Å². The van der Waals surface area contributed by atoms with Crippen molar-refractivity contribution in [2.24, 2.45) is 0 Å². The maximum Gasteiger partial charge on any atom is 0.349 e. The van der Waals surface area contributed by atoms with Crippen molar-refractivity contribution in [3.8, 4) is 0 Å². The van der Waals surface area contributed by atoms with Crippen molar-refractivity contribution >= 4 is 28.1 Å². The molecule has 0 saturated heterocycles. The third-order valence-corrected chi connectivity index (χ3v) is 3.95. The van der Waals surface area contributed by atoms with Crippen molar-refractivity contribution in [2.45, 2.75) is 13.3 Å². The minimum absolute atomic E-state index is 0.349. The van der Waals surface area contributed by atoms with Crippen LogP contribution >= 0.6 is 11.3 Å². The zero-order valence-electron chi connectivity index (χ0n) is 11.2. The summed E-state index contributed by atoms with van der Waals surface area (Å²) in [5.74, 6) is -0.349. The second-order valence-electron chi connectivity index (χ2n) is 4.08. The number of hydrogen-bond donors (Lipinski definition) is 0. The first-order valence-corrected chi connectivity index (χ1v) is 6.84. The van der Waals surface area contributed by atoms with Gasteiger partial charge in [-0.15, -0.1) is 0 Å². The molecule has 19 heavy (non-hydrogen) atoms. The van der Waals surface area contributed by atoms with Crippen LogP contribution in [0.25, 0.3) is 0 Å². The lowest BCUT2D eigenvalue weighted by Crippen LogP contribution is -2.08. The largest absolute Gasteiger partial charge is 0.465 e. The number of carbonyl (C=O) groups excluding carboxylic acids is 1. The molecule has 0 amide bonds. The Morgan fingerprint density at radius 2 is 2.05 bits per heavy atom. The lowest BCUT2D eigenvalue weighted by Gasteiger charge is -2.15. The number of aromatic nitrogens is 1. The molecule has 0 aliphatic carbocycles. The average Bonchev–Trinajstić information content (AvgIpc) is 2.95. The molecule has 1 heterocycles. The van der Waals surface area contributed by atoms with Crippen LogP contribution in [0, 0.1) is 0 Å². The highest BCUT2D eigenvalue weighted by Crippen LogP contribution is 2.28. The fourth-order valence-corrected chi connectivity index (χ4v) is 2.50. The highest BCUT2D eigenvalue weighted by molar-refractivity contribution is 7.17. The lowest BCUT2D eigenvalue weighted by molar-refractivity contribution is 0.0606. The molecule has 0 unspecified atom stereocenters. The first-order chi connectivity index (χ1) is 9.15. The van der Waals surface area contributed by atoms with Crippen LogP contribution in [0.15, 0.2) is 30.5 Å². The predicted molar refractivity (Wildman–Crippen MR) is 77.3 cm³/mol. The second-order valence-corrected chi connectivity index (χ2v) is 5.09. The molecular weight excluding hydrogens is 260 g/mol. The summed E-state index contributed by atoms with van der Waals surface area (Å²) in [5, 5.41) is 0.768. The molecule has 0 spiro atoms. The Morgan fingerprint density at radius 3 is 2.63 bits per heavy atom. The van der Waals surface area contributed by atoms with E-state index in [0.29, 0.717) is 4.88 Å². The number of nitrogens with zero attached hydrogens (tertiary/aromatic N) is 2. The van der Waals surface area contributed by atoms with Crippen molar-refractivity contribution in [1.82, 2.24) is 4.98 Å². The van der Waals surface area contributed by atoms with Gasteiger partial charge >= 0.3 is 5.97 Å². The van der Waals surface area contributed by atoms with Gasteiger partial charge < -0.3 is 9.64 Å². The zero-order valence-corrected chi connectivity index (χ0v) is 12.0. The molecule has 2 aromatic rings. The Hall–Kier alpha value is -1.88. The van der Waals surface area contributed by atoms with Crippen LogP contribution in [0.4, 0.5) is 10.8 Å². The first-order valence-electron chi connectivity index (χ1n) is 6.02. The number of methoxy groups -OCH3 is 1. The quantitative estimate of drug-likeness (QED) is 0.804. The van der Waals surface area contributed by atoms with Gasteiger partial charge in [0.25, 0.3) is 0 Å². The number of rotatable bonds is 4. The van der Waals surface area contributed by atoms with Crippen molar-refractivity contribution in [2.75, 3.05) is 19.1 Å². The molecule has 0 atom stereocenters. The molecule has 0 bridgehead atoms. The summed E-state index contributed by atoms with van der Waals surface area (Å²) in [6.45, 7) is 2.13. The summed E-state index contributed by atoms with van der Waals surface area (Å²) in [7, 11) is 3.30. The van der Waals surface area contributed by atoms with Crippen LogP contribution in [0.5, 0.6) is 0 Å². The van der Waals surface area contributed by atoms with Gasteiger partial charge in [0.05, 0.1) is 13.3 Å². The number of thiazole rings is 1. The van der Waals surface area contributed by atoms with Gasteiger partial charge in [-0.3, -0.25) is 0 Å². The van der Waals surface area contributed by atoms with E-state index in [2.05, 4.69) is 40.9 Å². The van der Waals surface area contributed by atoms with Crippen LogP contribution in [0.1, 0.15) is 22.2 Å². The van der Waals surface area contributed by atoms with Crippen LogP contribution in [-0.4, -0.2) is 25.1 Å². The highest BCUT2D eigenvalue weighted by Gasteiger charge is 2.14. The smallest absolute Gasteiger partial charge is 0.349 e. The number of esters is 1. The number of aryl methyl sites for hydroxylation is 1. The molecule has 5 heteroatoms. The Balaban J connectivity index is 2.20. The monoisotopic (exact) mass is 276 g/mol. The fourth-order valence-electron chi connectivity index (χ4n) is 1.68. The Bertz CT molecular complexity index is 563. The van der Waals surface area contributed by atoms with E-state index >= 15 is 0 Å². The summed E-state index contributed by atoms with van der Waals surface area (Å²) >= 11 is 1.32. The van der Waals surface area contributed by atoms with Crippen LogP contribution in [-0.2, 0) is 11.2 Å². The van der Waals surface area contributed by atoms with Gasteiger partial charge in [-0.05, 0) is 24.1 Å². The maximum absolute atomic E-state index is 11.4.